The van der Waals surface area contributed by atoms with E-state index in [1.807, 2.05) is 0 Å². The van der Waals surface area contributed by atoms with Gasteiger partial charge in [0.1, 0.15) is 5.78 Å². The van der Waals surface area contributed by atoms with Gasteiger partial charge in [0.25, 0.3) is 0 Å². The molecule has 4 bridgehead atoms. The van der Waals surface area contributed by atoms with Crippen LogP contribution in [0.15, 0.2) is 35.2 Å². The van der Waals surface area contributed by atoms with Crippen LogP contribution >= 0.6 is 0 Å². The summed E-state index contributed by atoms with van der Waals surface area (Å²) < 4.78 is 28.0. The second kappa shape index (κ2) is 7.02. The molecule has 0 saturated heterocycles. The maximum Gasteiger partial charge on any atom is 0.241 e. The summed E-state index contributed by atoms with van der Waals surface area (Å²) in [6.45, 7) is 5.04. The van der Waals surface area contributed by atoms with Gasteiger partial charge in [0, 0.05) is 11.8 Å². The van der Waals surface area contributed by atoms with Crippen LogP contribution < -0.4 is 4.72 Å². The van der Waals surface area contributed by atoms with Gasteiger partial charge in [-0.15, -0.1) is 0 Å². The summed E-state index contributed by atoms with van der Waals surface area (Å²) in [5.74, 6) is 1.97. The predicted octanol–water partition coefficient (Wildman–Crippen LogP) is 3.73. The van der Waals surface area contributed by atoms with Crippen molar-refractivity contribution in [2.75, 3.05) is 0 Å². The largest absolute Gasteiger partial charge is 0.299 e. The Hall–Kier alpha value is -1.53. The Morgan fingerprint density at radius 1 is 1.07 bits per heavy atom. The first-order chi connectivity index (χ1) is 13.5. The van der Waals surface area contributed by atoms with Crippen molar-refractivity contribution in [3.63, 3.8) is 0 Å². The molecule has 4 aliphatic rings. The van der Waals surface area contributed by atoms with Crippen LogP contribution in [-0.2, 0) is 19.6 Å². The lowest BCUT2D eigenvalue weighted by atomic mass is 9.44. The minimum absolute atomic E-state index is 0.0636. The Kier molecular flexibility index (Phi) is 5.02. The first-order valence-corrected chi connectivity index (χ1v) is 12.1. The molecule has 0 aromatic heterocycles. The number of carbonyl (C=O) groups excluding carboxylic acids is 2. The topological polar surface area (TPSA) is 80.3 Å². The van der Waals surface area contributed by atoms with Crippen molar-refractivity contribution < 1.29 is 18.0 Å². The van der Waals surface area contributed by atoms with Gasteiger partial charge >= 0.3 is 0 Å². The summed E-state index contributed by atoms with van der Waals surface area (Å²) in [5.41, 5.74) is -1.32. The van der Waals surface area contributed by atoms with Crippen LogP contribution in [0.25, 0.3) is 0 Å². The zero-order valence-electron chi connectivity index (χ0n) is 17.5. The number of Topliss-reactive ketones (excluding diaryl/α,β-unsaturated/α-hetero) is 2. The van der Waals surface area contributed by atoms with Crippen molar-refractivity contribution in [1.82, 2.24) is 4.72 Å². The van der Waals surface area contributed by atoms with E-state index in [0.717, 1.165) is 32.1 Å². The van der Waals surface area contributed by atoms with Crippen LogP contribution in [0, 0.1) is 29.1 Å². The molecule has 2 unspecified atom stereocenters. The van der Waals surface area contributed by atoms with Crippen molar-refractivity contribution in [2.24, 2.45) is 29.1 Å². The molecule has 4 fully saturated rings. The zero-order valence-corrected chi connectivity index (χ0v) is 18.3. The SMILES string of the molecule is CC(=O)C12CC3CC(C1)C(CC(=O)C(C)(C)NS(=O)(=O)c1ccccc1)C(C3)C2. The first kappa shape index (κ1) is 20.7. The van der Waals surface area contributed by atoms with Crippen molar-refractivity contribution in [3.8, 4) is 0 Å². The summed E-state index contributed by atoms with van der Waals surface area (Å²) in [5, 5.41) is 0. The molecule has 0 spiro atoms. The molecule has 0 amide bonds. The molecule has 2 atom stereocenters. The standard InChI is InChI=1S/C23H31NO4S/c1-15(25)23-12-16-9-17(13-23)20(18(10-16)14-23)11-21(26)22(2,3)24-29(27,28)19-7-5-4-6-8-19/h4-8,16-18,20,24H,9-14H2,1-3H3. The Bertz CT molecular complexity index is 905. The van der Waals surface area contributed by atoms with Gasteiger partial charge in [-0.3, -0.25) is 9.59 Å². The fourth-order valence-electron chi connectivity index (χ4n) is 6.41. The molecule has 0 heterocycles. The van der Waals surface area contributed by atoms with Crippen LogP contribution in [0.4, 0.5) is 0 Å². The molecular weight excluding hydrogens is 386 g/mol. The molecule has 4 aliphatic carbocycles. The zero-order chi connectivity index (χ0) is 21.0. The number of sulfonamides is 1. The molecule has 5 nitrogen and oxygen atoms in total. The molecule has 4 saturated carbocycles. The maximum absolute atomic E-state index is 13.2. The third-order valence-electron chi connectivity index (χ3n) is 7.78. The van der Waals surface area contributed by atoms with Crippen molar-refractivity contribution in [3.05, 3.63) is 30.3 Å². The molecular formula is C23H31NO4S. The minimum atomic E-state index is -3.76. The first-order valence-electron chi connectivity index (χ1n) is 10.7. The average molecular weight is 418 g/mol. The molecule has 1 N–H and O–H groups in total. The van der Waals surface area contributed by atoms with Crippen LogP contribution in [-0.4, -0.2) is 25.5 Å². The van der Waals surface area contributed by atoms with Gasteiger partial charge in [0.2, 0.25) is 10.0 Å². The number of hydrogen-bond donors (Lipinski definition) is 1. The Labute approximate surface area is 173 Å². The summed E-state index contributed by atoms with van der Waals surface area (Å²) in [7, 11) is -3.76. The Morgan fingerprint density at radius 3 is 2.21 bits per heavy atom. The predicted molar refractivity (Wildman–Crippen MR) is 111 cm³/mol. The van der Waals surface area contributed by atoms with Gasteiger partial charge in [0.15, 0.2) is 5.78 Å². The van der Waals surface area contributed by atoms with E-state index in [-0.39, 0.29) is 22.0 Å². The maximum atomic E-state index is 13.2. The molecule has 29 heavy (non-hydrogen) atoms. The van der Waals surface area contributed by atoms with Crippen molar-refractivity contribution in [2.45, 2.75) is 69.7 Å². The van der Waals surface area contributed by atoms with Gasteiger partial charge in [0.05, 0.1) is 10.4 Å². The smallest absolute Gasteiger partial charge is 0.241 e. The van der Waals surface area contributed by atoms with Crippen LogP contribution in [0.3, 0.4) is 0 Å². The van der Waals surface area contributed by atoms with Crippen LogP contribution in [0.5, 0.6) is 0 Å². The third kappa shape index (κ3) is 3.70. The van der Waals surface area contributed by atoms with E-state index < -0.39 is 15.6 Å². The minimum Gasteiger partial charge on any atom is -0.299 e. The van der Waals surface area contributed by atoms with Crippen molar-refractivity contribution in [1.29, 1.82) is 0 Å². The van der Waals surface area contributed by atoms with Crippen molar-refractivity contribution >= 4 is 21.6 Å². The number of rotatable bonds is 7. The van der Waals surface area contributed by atoms with E-state index in [2.05, 4.69) is 4.72 Å². The fourth-order valence-corrected chi connectivity index (χ4v) is 7.83. The van der Waals surface area contributed by atoms with Crippen LogP contribution in [0.1, 0.15) is 59.3 Å². The normalized spacial score (nSPS) is 33.6. The number of benzene rings is 1. The van der Waals surface area contributed by atoms with E-state index in [1.165, 1.54) is 12.1 Å². The molecule has 1 aromatic carbocycles. The number of carbonyl (C=O) groups is 2. The monoisotopic (exact) mass is 417 g/mol. The number of nitrogens with one attached hydrogen (secondary N) is 1. The Balaban J connectivity index is 1.47. The van der Waals surface area contributed by atoms with E-state index in [0.29, 0.717) is 30.0 Å². The Morgan fingerprint density at radius 2 is 1.66 bits per heavy atom. The van der Waals surface area contributed by atoms with E-state index in [9.17, 15) is 18.0 Å². The summed E-state index contributed by atoms with van der Waals surface area (Å²) in [6.07, 6.45) is 5.45. The fraction of sp³-hybridized carbons (Fsp3) is 0.652. The second-order valence-corrected chi connectivity index (χ2v) is 11.8. The number of hydrogen-bond acceptors (Lipinski definition) is 4. The van der Waals surface area contributed by atoms with E-state index in [4.69, 9.17) is 0 Å². The molecule has 0 radical (unpaired) electrons. The van der Waals surface area contributed by atoms with Gasteiger partial charge in [-0.1, -0.05) is 18.2 Å². The highest BCUT2D eigenvalue weighted by Gasteiger charge is 2.57. The highest BCUT2D eigenvalue weighted by atomic mass is 32.2. The highest BCUT2D eigenvalue weighted by Crippen LogP contribution is 2.63. The summed E-state index contributed by atoms with van der Waals surface area (Å²) in [4.78, 5) is 25.7. The van der Waals surface area contributed by atoms with Gasteiger partial charge in [-0.05, 0) is 88.7 Å². The average Bonchev–Trinajstić information content (AvgIpc) is 2.63. The molecule has 0 aliphatic heterocycles. The van der Waals surface area contributed by atoms with Crippen LogP contribution in [0.2, 0.25) is 0 Å². The highest BCUT2D eigenvalue weighted by molar-refractivity contribution is 7.89. The molecule has 5 rings (SSSR count). The quantitative estimate of drug-likeness (QED) is 0.733. The van der Waals surface area contributed by atoms with Gasteiger partial charge in [-0.2, -0.15) is 4.72 Å². The van der Waals surface area contributed by atoms with E-state index in [1.54, 1.807) is 39.0 Å². The van der Waals surface area contributed by atoms with Gasteiger partial charge < -0.3 is 0 Å². The number of ketones is 2. The van der Waals surface area contributed by atoms with Gasteiger partial charge in [-0.25, -0.2) is 8.42 Å². The third-order valence-corrected chi connectivity index (χ3v) is 9.45. The second-order valence-electron chi connectivity index (χ2n) is 10.1. The lowest BCUT2D eigenvalue weighted by Gasteiger charge is -2.59. The summed E-state index contributed by atoms with van der Waals surface area (Å²) >= 11 is 0. The van der Waals surface area contributed by atoms with E-state index >= 15 is 0 Å². The lowest BCUT2D eigenvalue weighted by molar-refractivity contribution is -0.151. The molecule has 158 valence electrons. The summed E-state index contributed by atoms with van der Waals surface area (Å²) in [6, 6.07) is 8.16. The lowest BCUT2D eigenvalue weighted by Crippen LogP contribution is -2.56. The molecule has 6 heteroatoms. The molecule has 1 aromatic rings.